The maximum Gasteiger partial charge on any atom is 0.362 e. The van der Waals surface area contributed by atoms with Gasteiger partial charge in [-0.25, -0.2) is 9.29 Å². The average molecular weight is 409 g/mol. The highest BCUT2D eigenvalue weighted by molar-refractivity contribution is 7.98. The van der Waals surface area contributed by atoms with Crippen LogP contribution < -0.4 is 11.1 Å². The van der Waals surface area contributed by atoms with E-state index in [9.17, 15) is 18.0 Å². The normalized spacial score (nSPS) is 21.0. The van der Waals surface area contributed by atoms with Gasteiger partial charge in [-0.3, -0.25) is 14.1 Å². The minimum atomic E-state index is -4.70. The molecule has 25 heavy (non-hydrogen) atoms. The third-order valence-corrected chi connectivity index (χ3v) is 5.50. The van der Waals surface area contributed by atoms with Crippen molar-refractivity contribution in [2.45, 2.75) is 12.1 Å². The van der Waals surface area contributed by atoms with Crippen LogP contribution in [0.15, 0.2) is 10.5 Å². The number of thioether (sulfide) groups is 1. The van der Waals surface area contributed by atoms with Crippen LogP contribution in [0.2, 0.25) is 0 Å². The monoisotopic (exact) mass is 409 g/mol. The summed E-state index contributed by atoms with van der Waals surface area (Å²) in [6.45, 7) is 0. The van der Waals surface area contributed by atoms with E-state index in [0.29, 0.717) is 4.31 Å². The lowest BCUT2D eigenvalue weighted by atomic mass is 10.0. The van der Waals surface area contributed by atoms with Gasteiger partial charge in [-0.2, -0.15) is 20.2 Å². The van der Waals surface area contributed by atoms with Crippen molar-refractivity contribution in [2.75, 3.05) is 24.9 Å². The van der Waals surface area contributed by atoms with Gasteiger partial charge in [-0.05, 0) is 6.26 Å². The summed E-state index contributed by atoms with van der Waals surface area (Å²) < 4.78 is 32.0. The van der Waals surface area contributed by atoms with Gasteiger partial charge in [0.05, 0.1) is 6.04 Å². The van der Waals surface area contributed by atoms with E-state index in [1.807, 2.05) is 0 Å². The van der Waals surface area contributed by atoms with Crippen molar-refractivity contribution < 1.29 is 27.4 Å². The fourth-order valence-electron chi connectivity index (χ4n) is 2.20. The number of hydrogen-bond acceptors (Lipinski definition) is 10. The zero-order valence-electron chi connectivity index (χ0n) is 13.1. The first-order chi connectivity index (χ1) is 11.7. The molecule has 138 valence electrons. The van der Waals surface area contributed by atoms with Crippen LogP contribution in [0.4, 0.5) is 5.13 Å². The lowest BCUT2D eigenvalue weighted by Crippen LogP contribution is -2.73. The molecule has 2 amide bonds. The smallest absolute Gasteiger partial charge is 0.362 e. The molecule has 0 aliphatic carbocycles. The summed E-state index contributed by atoms with van der Waals surface area (Å²) in [4.78, 5) is 33.0. The number of amides is 2. The van der Waals surface area contributed by atoms with Crippen molar-refractivity contribution in [1.82, 2.24) is 14.6 Å². The number of nitrogens with one attached hydrogen (secondary N) is 1. The summed E-state index contributed by atoms with van der Waals surface area (Å²) in [7, 11) is -3.47. The summed E-state index contributed by atoms with van der Waals surface area (Å²) >= 11 is 2.34. The van der Waals surface area contributed by atoms with Gasteiger partial charge in [0.1, 0.15) is 18.8 Å². The van der Waals surface area contributed by atoms with Crippen LogP contribution in [0.25, 0.3) is 0 Å². The third kappa shape index (κ3) is 4.02. The first kappa shape index (κ1) is 19.4. The number of hydrogen-bond donors (Lipinski definition) is 3. The number of aromatic nitrogens is 1. The number of nitrogen functional groups attached to an aromatic ring is 1. The average Bonchev–Trinajstić information content (AvgIpc) is 2.94. The zero-order valence-corrected chi connectivity index (χ0v) is 15.5. The predicted octanol–water partition coefficient (Wildman–Crippen LogP) is -1.06. The molecule has 1 saturated heterocycles. The van der Waals surface area contributed by atoms with Crippen molar-refractivity contribution in [3.8, 4) is 0 Å². The number of nitrogens with zero attached hydrogens (tertiary/aromatic N) is 3. The van der Waals surface area contributed by atoms with E-state index in [0.717, 1.165) is 11.3 Å². The van der Waals surface area contributed by atoms with Gasteiger partial charge in [0.2, 0.25) is 0 Å². The first-order valence-electron chi connectivity index (χ1n) is 6.63. The van der Waals surface area contributed by atoms with Crippen LogP contribution >= 0.6 is 23.1 Å². The number of nitrogens with two attached hydrogens (primary N) is 1. The number of carbonyl (C=O) groups excluding carboxylic acids is 2. The predicted molar refractivity (Wildman–Crippen MR) is 92.6 cm³/mol. The Morgan fingerprint density at radius 1 is 1.64 bits per heavy atom. The minimum Gasteiger partial charge on any atom is -0.398 e. The Kier molecular flexibility index (Phi) is 5.87. The van der Waals surface area contributed by atoms with E-state index in [1.54, 1.807) is 6.26 Å². The van der Waals surface area contributed by atoms with E-state index in [4.69, 9.17) is 10.3 Å². The Balaban J connectivity index is 2.20. The molecule has 1 aromatic heterocycles. The highest BCUT2D eigenvalue weighted by Crippen LogP contribution is 2.26. The van der Waals surface area contributed by atoms with Crippen LogP contribution in [0.1, 0.15) is 5.69 Å². The number of β-lactam (4-membered cyclic amide) rings is 1. The van der Waals surface area contributed by atoms with Crippen molar-refractivity contribution >= 4 is 56.1 Å². The molecule has 0 spiro atoms. The number of anilines is 1. The largest absolute Gasteiger partial charge is 0.398 e. The van der Waals surface area contributed by atoms with Crippen molar-refractivity contribution in [3.63, 3.8) is 0 Å². The molecule has 1 aliphatic rings. The second kappa shape index (κ2) is 7.55. The fourth-order valence-corrected chi connectivity index (χ4v) is 4.40. The van der Waals surface area contributed by atoms with Gasteiger partial charge < -0.3 is 15.9 Å². The van der Waals surface area contributed by atoms with Crippen molar-refractivity contribution in [1.29, 1.82) is 0 Å². The first-order valence-corrected chi connectivity index (χ1v) is 10.3. The minimum absolute atomic E-state index is 0.154. The summed E-state index contributed by atoms with van der Waals surface area (Å²) in [5.74, 6) is -1.53. The highest BCUT2D eigenvalue weighted by Gasteiger charge is 2.53. The van der Waals surface area contributed by atoms with E-state index >= 15 is 0 Å². The molecule has 0 radical (unpaired) electrons. The summed E-state index contributed by atoms with van der Waals surface area (Å²) in [6.07, 6.45) is 1.69. The molecule has 1 fully saturated rings. The number of carbonyl (C=O) groups is 2. The zero-order chi connectivity index (χ0) is 18.8. The molecule has 0 saturated carbocycles. The van der Waals surface area contributed by atoms with Crippen LogP contribution in [0.3, 0.4) is 0 Å². The number of thiazole rings is 1. The van der Waals surface area contributed by atoms with E-state index in [1.165, 1.54) is 24.3 Å². The van der Waals surface area contributed by atoms with Crippen LogP contribution in [-0.2, 0) is 24.7 Å². The number of rotatable bonds is 7. The number of oxime groups is 1. The molecule has 2 atom stereocenters. The summed E-state index contributed by atoms with van der Waals surface area (Å²) in [5, 5.41) is 7.67. The van der Waals surface area contributed by atoms with Gasteiger partial charge in [-0.1, -0.05) is 5.16 Å². The molecule has 2 heterocycles. The van der Waals surface area contributed by atoms with Crippen LogP contribution in [0.5, 0.6) is 0 Å². The van der Waals surface area contributed by atoms with Crippen molar-refractivity contribution in [3.05, 3.63) is 11.1 Å². The lowest BCUT2D eigenvalue weighted by Gasteiger charge is -2.43. The second-order valence-electron chi connectivity index (χ2n) is 4.78. The highest BCUT2D eigenvalue weighted by atomic mass is 32.2. The molecule has 0 bridgehead atoms. The van der Waals surface area contributed by atoms with Crippen LogP contribution in [0, 0.1) is 0 Å². The standard InChI is InChI=1S/C11H15N5O6S3/c1-22-15-7(5-3-24-11(12)13-5)9(17)14-8-6(4-23-2)16(10(8)18)25(19,20)21/h3,6,8H,4H2,1-2H3,(H2,12,13)(H,14,17)(H,19,20,21)/b15-7-/t6-,8+/m0/s1. The van der Waals surface area contributed by atoms with E-state index < -0.39 is 34.2 Å². The van der Waals surface area contributed by atoms with Gasteiger partial charge in [0.25, 0.3) is 11.8 Å². The molecule has 4 N–H and O–H groups in total. The Morgan fingerprint density at radius 2 is 2.32 bits per heavy atom. The van der Waals surface area contributed by atoms with Crippen molar-refractivity contribution in [2.24, 2.45) is 5.16 Å². The Morgan fingerprint density at radius 3 is 2.80 bits per heavy atom. The summed E-state index contributed by atoms with van der Waals surface area (Å²) in [5.41, 5.74) is 5.47. The topological polar surface area (TPSA) is 164 Å². The third-order valence-electron chi connectivity index (χ3n) is 3.20. The maximum atomic E-state index is 12.4. The Bertz CT molecular complexity index is 807. The Hall–Kier alpha value is -1.90. The molecule has 1 aromatic rings. The van der Waals surface area contributed by atoms with Crippen LogP contribution in [-0.4, -0.2) is 71.0 Å². The molecule has 0 aromatic carbocycles. The molecule has 0 unspecified atom stereocenters. The maximum absolute atomic E-state index is 12.4. The van der Waals surface area contributed by atoms with Gasteiger partial charge in [0.15, 0.2) is 10.8 Å². The van der Waals surface area contributed by atoms with E-state index in [2.05, 4.69) is 20.3 Å². The molecule has 14 heteroatoms. The van der Waals surface area contributed by atoms with Gasteiger partial charge >= 0.3 is 10.3 Å². The molecular formula is C11H15N5O6S3. The van der Waals surface area contributed by atoms with Gasteiger partial charge in [-0.15, -0.1) is 11.3 Å². The fraction of sp³-hybridized carbons (Fsp3) is 0.455. The molecule has 2 rings (SSSR count). The molecule has 11 nitrogen and oxygen atoms in total. The van der Waals surface area contributed by atoms with Gasteiger partial charge in [0, 0.05) is 11.1 Å². The van der Waals surface area contributed by atoms with E-state index in [-0.39, 0.29) is 22.3 Å². The Labute approximate surface area is 151 Å². The molecular weight excluding hydrogens is 394 g/mol. The lowest BCUT2D eigenvalue weighted by molar-refractivity contribution is -0.143. The molecule has 1 aliphatic heterocycles. The summed E-state index contributed by atoms with van der Waals surface area (Å²) in [6, 6.07) is -2.04. The quantitative estimate of drug-likeness (QED) is 0.220. The SMILES string of the molecule is CO/N=C(\C(=O)N[C@H]1C(=O)N(S(=O)(=O)O)[C@H]1CSC)c1csc(N)n1. The second-order valence-corrected chi connectivity index (χ2v) is 7.87.